The number of benzene rings is 1. The van der Waals surface area contributed by atoms with E-state index < -0.39 is 27.4 Å². The quantitative estimate of drug-likeness (QED) is 0.907. The first-order chi connectivity index (χ1) is 8.85. The Kier molecular flexibility index (Phi) is 3.84. The molecule has 1 N–H and O–H groups in total. The molecule has 2 rings (SSSR count). The van der Waals surface area contributed by atoms with Gasteiger partial charge < -0.3 is 5.32 Å². The van der Waals surface area contributed by atoms with Crippen molar-refractivity contribution in [2.24, 2.45) is 5.92 Å². The zero-order chi connectivity index (χ0) is 14.0. The Hall–Kier alpha value is -1.50. The van der Waals surface area contributed by atoms with Crippen LogP contribution in [0.25, 0.3) is 0 Å². The smallest absolute Gasteiger partial charge is 0.251 e. The lowest BCUT2D eigenvalue weighted by Gasteiger charge is -2.09. The van der Waals surface area contributed by atoms with Gasteiger partial charge in [0.2, 0.25) is 0 Å². The van der Waals surface area contributed by atoms with Crippen LogP contribution in [-0.4, -0.2) is 32.4 Å². The molecule has 0 radical (unpaired) electrons. The molecule has 0 aromatic heterocycles. The Morgan fingerprint density at radius 2 is 1.89 bits per heavy atom. The number of hydrogen-bond acceptors (Lipinski definition) is 3. The Labute approximate surface area is 109 Å². The fourth-order valence-electron chi connectivity index (χ4n) is 2.06. The van der Waals surface area contributed by atoms with Crippen molar-refractivity contribution >= 4 is 15.7 Å². The lowest BCUT2D eigenvalue weighted by molar-refractivity contribution is 0.0947. The van der Waals surface area contributed by atoms with Crippen LogP contribution in [0.3, 0.4) is 0 Å². The number of rotatable bonds is 3. The van der Waals surface area contributed by atoms with E-state index in [1.165, 1.54) is 0 Å². The van der Waals surface area contributed by atoms with E-state index in [9.17, 15) is 22.0 Å². The van der Waals surface area contributed by atoms with E-state index in [2.05, 4.69) is 5.32 Å². The summed E-state index contributed by atoms with van der Waals surface area (Å²) in [6.45, 7) is 0.191. The zero-order valence-corrected chi connectivity index (χ0v) is 10.8. The summed E-state index contributed by atoms with van der Waals surface area (Å²) in [4.78, 5) is 11.7. The van der Waals surface area contributed by atoms with Crippen LogP contribution in [-0.2, 0) is 9.84 Å². The maximum atomic E-state index is 12.9. The third-order valence-electron chi connectivity index (χ3n) is 3.00. The molecule has 19 heavy (non-hydrogen) atoms. The summed E-state index contributed by atoms with van der Waals surface area (Å²) in [6.07, 6.45) is 0.500. The molecule has 1 fully saturated rings. The normalized spacial score (nSPS) is 21.3. The molecule has 1 atom stereocenters. The first-order valence-corrected chi connectivity index (χ1v) is 7.62. The van der Waals surface area contributed by atoms with Crippen LogP contribution in [0.1, 0.15) is 16.8 Å². The van der Waals surface area contributed by atoms with Crippen molar-refractivity contribution in [1.29, 1.82) is 0 Å². The van der Waals surface area contributed by atoms with Crippen molar-refractivity contribution in [3.8, 4) is 0 Å². The predicted octanol–water partition coefficient (Wildman–Crippen LogP) is 1.13. The molecule has 1 aromatic rings. The maximum Gasteiger partial charge on any atom is 0.251 e. The summed E-state index contributed by atoms with van der Waals surface area (Å²) in [5.41, 5.74) is -0.113. The van der Waals surface area contributed by atoms with E-state index in [-0.39, 0.29) is 29.5 Å². The molecule has 1 aliphatic rings. The van der Waals surface area contributed by atoms with Crippen molar-refractivity contribution in [1.82, 2.24) is 5.32 Å². The maximum absolute atomic E-state index is 12.9. The molecular weight excluding hydrogens is 276 g/mol. The summed E-state index contributed by atoms with van der Waals surface area (Å²) < 4.78 is 48.3. The molecule has 0 saturated carbocycles. The Morgan fingerprint density at radius 1 is 1.26 bits per heavy atom. The van der Waals surface area contributed by atoms with Gasteiger partial charge in [-0.05, 0) is 24.5 Å². The molecule has 0 spiro atoms. The van der Waals surface area contributed by atoms with Crippen LogP contribution in [0.5, 0.6) is 0 Å². The van der Waals surface area contributed by atoms with Crippen LogP contribution in [0.15, 0.2) is 18.2 Å². The van der Waals surface area contributed by atoms with E-state index >= 15 is 0 Å². The number of carbonyl (C=O) groups excluding carboxylic acids is 1. The van der Waals surface area contributed by atoms with Crippen LogP contribution in [0.2, 0.25) is 0 Å². The number of amides is 1. The molecule has 0 bridgehead atoms. The van der Waals surface area contributed by atoms with Gasteiger partial charge in [-0.25, -0.2) is 17.2 Å². The van der Waals surface area contributed by atoms with Crippen molar-refractivity contribution in [3.63, 3.8) is 0 Å². The van der Waals surface area contributed by atoms with Gasteiger partial charge in [0.25, 0.3) is 5.91 Å². The molecule has 1 heterocycles. The van der Waals surface area contributed by atoms with Crippen molar-refractivity contribution < 1.29 is 22.0 Å². The largest absolute Gasteiger partial charge is 0.352 e. The van der Waals surface area contributed by atoms with Gasteiger partial charge in [-0.3, -0.25) is 4.79 Å². The summed E-state index contributed by atoms with van der Waals surface area (Å²) in [6, 6.07) is 2.55. The highest BCUT2D eigenvalue weighted by Crippen LogP contribution is 2.17. The highest BCUT2D eigenvalue weighted by molar-refractivity contribution is 7.91. The summed E-state index contributed by atoms with van der Waals surface area (Å²) in [5, 5.41) is 2.50. The van der Waals surface area contributed by atoms with E-state index in [0.29, 0.717) is 12.5 Å². The molecule has 104 valence electrons. The van der Waals surface area contributed by atoms with Gasteiger partial charge in [-0.15, -0.1) is 0 Å². The minimum absolute atomic E-state index is 0.0464. The van der Waals surface area contributed by atoms with Crippen LogP contribution < -0.4 is 5.32 Å². The molecule has 1 aliphatic heterocycles. The standard InChI is InChI=1S/C12H13F2NO3S/c13-10-3-9(4-11(14)5-10)12(16)15-6-8-1-2-19(17,18)7-8/h3-5,8H,1-2,6-7H2,(H,15,16). The van der Waals surface area contributed by atoms with Crippen molar-refractivity contribution in [2.45, 2.75) is 6.42 Å². The summed E-state index contributed by atoms with van der Waals surface area (Å²) >= 11 is 0. The Bertz CT molecular complexity index is 581. The number of hydrogen-bond donors (Lipinski definition) is 1. The van der Waals surface area contributed by atoms with Gasteiger partial charge in [0.15, 0.2) is 9.84 Å². The second-order valence-electron chi connectivity index (χ2n) is 4.64. The highest BCUT2D eigenvalue weighted by Gasteiger charge is 2.28. The lowest BCUT2D eigenvalue weighted by atomic mass is 10.1. The van der Waals surface area contributed by atoms with Crippen molar-refractivity contribution in [2.75, 3.05) is 18.1 Å². The molecule has 4 nitrogen and oxygen atoms in total. The molecule has 1 unspecified atom stereocenters. The summed E-state index contributed by atoms with van der Waals surface area (Å²) in [5.74, 6) is -2.22. The number of nitrogens with one attached hydrogen (secondary N) is 1. The highest BCUT2D eigenvalue weighted by atomic mass is 32.2. The van der Waals surface area contributed by atoms with Gasteiger partial charge in [0.1, 0.15) is 11.6 Å². The first-order valence-electron chi connectivity index (χ1n) is 5.80. The molecule has 1 saturated heterocycles. The van der Waals surface area contributed by atoms with Crippen LogP contribution in [0, 0.1) is 17.6 Å². The minimum atomic E-state index is -2.99. The topological polar surface area (TPSA) is 63.2 Å². The van der Waals surface area contributed by atoms with Crippen LogP contribution in [0.4, 0.5) is 8.78 Å². The predicted molar refractivity (Wildman–Crippen MR) is 65.5 cm³/mol. The fourth-order valence-corrected chi connectivity index (χ4v) is 3.92. The van der Waals surface area contributed by atoms with E-state index in [1.807, 2.05) is 0 Å². The molecule has 0 aliphatic carbocycles. The van der Waals surface area contributed by atoms with Crippen LogP contribution >= 0.6 is 0 Å². The SMILES string of the molecule is O=C(NCC1CCS(=O)(=O)C1)c1cc(F)cc(F)c1. The molecule has 7 heteroatoms. The second kappa shape index (κ2) is 5.24. The molecule has 1 amide bonds. The fraction of sp³-hybridized carbons (Fsp3) is 0.417. The Morgan fingerprint density at radius 3 is 2.42 bits per heavy atom. The number of halogens is 2. The second-order valence-corrected chi connectivity index (χ2v) is 6.87. The van der Waals surface area contributed by atoms with Gasteiger partial charge >= 0.3 is 0 Å². The summed E-state index contributed by atoms with van der Waals surface area (Å²) in [7, 11) is -2.99. The Balaban J connectivity index is 1.95. The average Bonchev–Trinajstić information content (AvgIpc) is 2.64. The van der Waals surface area contributed by atoms with E-state index in [1.54, 1.807) is 0 Å². The van der Waals surface area contributed by atoms with E-state index in [0.717, 1.165) is 12.1 Å². The molecule has 1 aromatic carbocycles. The molecular formula is C12H13F2NO3S. The average molecular weight is 289 g/mol. The number of carbonyl (C=O) groups is 1. The van der Waals surface area contributed by atoms with E-state index in [4.69, 9.17) is 0 Å². The first kappa shape index (κ1) is 13.9. The van der Waals surface area contributed by atoms with Gasteiger partial charge in [0.05, 0.1) is 11.5 Å². The third-order valence-corrected chi connectivity index (χ3v) is 4.84. The zero-order valence-electron chi connectivity index (χ0n) is 10.0. The van der Waals surface area contributed by atoms with Gasteiger partial charge in [-0.2, -0.15) is 0 Å². The number of sulfone groups is 1. The monoisotopic (exact) mass is 289 g/mol. The van der Waals surface area contributed by atoms with Gasteiger partial charge in [0, 0.05) is 18.2 Å². The minimum Gasteiger partial charge on any atom is -0.352 e. The van der Waals surface area contributed by atoms with Gasteiger partial charge in [-0.1, -0.05) is 0 Å². The lowest BCUT2D eigenvalue weighted by Crippen LogP contribution is -2.30. The third kappa shape index (κ3) is 3.73. The van der Waals surface area contributed by atoms with Crippen molar-refractivity contribution in [3.05, 3.63) is 35.4 Å².